The molecule has 0 radical (unpaired) electrons. The second-order valence-corrected chi connectivity index (χ2v) is 8.66. The summed E-state index contributed by atoms with van der Waals surface area (Å²) in [5.41, 5.74) is 1.17. The molecule has 6 nitrogen and oxygen atoms in total. The maximum Gasteiger partial charge on any atom is 0.191 e. The van der Waals surface area contributed by atoms with Crippen LogP contribution in [0.3, 0.4) is 0 Å². The Bertz CT molecular complexity index is 789. The zero-order valence-corrected chi connectivity index (χ0v) is 18.7. The zero-order valence-electron chi connectivity index (χ0n) is 18.7. The second-order valence-electron chi connectivity index (χ2n) is 8.66. The number of likely N-dealkylation sites (tertiary alicyclic amines) is 1. The SMILES string of the molecule is COc1ccc(CN=C(NCCc2ccco2)NC2CCN(C3CCCC3)CC2)cc1. The lowest BCUT2D eigenvalue weighted by molar-refractivity contribution is 0.150. The number of nitrogens with one attached hydrogen (secondary N) is 2. The van der Waals surface area contributed by atoms with Crippen LogP contribution in [0.2, 0.25) is 0 Å². The minimum atomic E-state index is 0.475. The number of furan rings is 1. The van der Waals surface area contributed by atoms with Gasteiger partial charge in [0.25, 0.3) is 0 Å². The molecule has 0 amide bonds. The molecule has 0 atom stereocenters. The highest BCUT2D eigenvalue weighted by Gasteiger charge is 2.27. The number of guanidine groups is 1. The van der Waals surface area contributed by atoms with E-state index in [0.29, 0.717) is 12.6 Å². The van der Waals surface area contributed by atoms with Crippen molar-refractivity contribution in [3.8, 4) is 5.75 Å². The predicted molar refractivity (Wildman–Crippen MR) is 125 cm³/mol. The molecule has 4 rings (SSSR count). The summed E-state index contributed by atoms with van der Waals surface area (Å²) in [4.78, 5) is 7.58. The molecular formula is C25H36N4O2. The van der Waals surface area contributed by atoms with Crippen molar-refractivity contribution in [2.24, 2.45) is 4.99 Å². The van der Waals surface area contributed by atoms with Crippen molar-refractivity contribution < 1.29 is 9.15 Å². The summed E-state index contributed by atoms with van der Waals surface area (Å²) in [5.74, 6) is 2.75. The van der Waals surface area contributed by atoms with Crippen molar-refractivity contribution in [2.75, 3.05) is 26.7 Å². The predicted octanol–water partition coefficient (Wildman–Crippen LogP) is 3.97. The molecule has 2 fully saturated rings. The number of benzene rings is 1. The van der Waals surface area contributed by atoms with E-state index in [1.165, 1.54) is 57.2 Å². The van der Waals surface area contributed by atoms with Crippen molar-refractivity contribution in [2.45, 2.75) is 63.6 Å². The number of hydrogen-bond donors (Lipinski definition) is 2. The Morgan fingerprint density at radius 2 is 1.87 bits per heavy atom. The Morgan fingerprint density at radius 1 is 1.10 bits per heavy atom. The van der Waals surface area contributed by atoms with Crippen LogP contribution in [0.4, 0.5) is 0 Å². The molecule has 1 aliphatic heterocycles. The van der Waals surface area contributed by atoms with Crippen molar-refractivity contribution in [3.63, 3.8) is 0 Å². The van der Waals surface area contributed by atoms with Gasteiger partial charge in [-0.3, -0.25) is 0 Å². The van der Waals surface area contributed by atoms with E-state index in [-0.39, 0.29) is 0 Å². The Balaban J connectivity index is 1.32. The molecule has 1 aromatic heterocycles. The van der Waals surface area contributed by atoms with Crippen LogP contribution in [0, 0.1) is 0 Å². The Morgan fingerprint density at radius 3 is 2.55 bits per heavy atom. The molecule has 168 valence electrons. The first-order valence-electron chi connectivity index (χ1n) is 11.7. The third kappa shape index (κ3) is 6.50. The number of nitrogens with zero attached hydrogens (tertiary/aromatic N) is 2. The Labute approximate surface area is 186 Å². The quantitative estimate of drug-likeness (QED) is 0.496. The minimum Gasteiger partial charge on any atom is -0.497 e. The van der Waals surface area contributed by atoms with Crippen LogP contribution in [0.1, 0.15) is 49.8 Å². The van der Waals surface area contributed by atoms with Crippen molar-refractivity contribution in [1.29, 1.82) is 0 Å². The van der Waals surface area contributed by atoms with E-state index in [1.54, 1.807) is 13.4 Å². The fourth-order valence-electron chi connectivity index (χ4n) is 4.68. The average molecular weight is 425 g/mol. The van der Waals surface area contributed by atoms with Gasteiger partial charge in [-0.15, -0.1) is 0 Å². The summed E-state index contributed by atoms with van der Waals surface area (Å²) in [6, 6.07) is 13.4. The van der Waals surface area contributed by atoms with Crippen LogP contribution < -0.4 is 15.4 Å². The van der Waals surface area contributed by atoms with Gasteiger partial charge in [0.1, 0.15) is 11.5 Å². The third-order valence-electron chi connectivity index (χ3n) is 6.53. The van der Waals surface area contributed by atoms with Gasteiger partial charge < -0.3 is 24.7 Å². The monoisotopic (exact) mass is 424 g/mol. The Kier molecular flexibility index (Phi) is 7.88. The highest BCUT2D eigenvalue weighted by molar-refractivity contribution is 5.80. The number of ether oxygens (including phenoxy) is 1. The molecule has 31 heavy (non-hydrogen) atoms. The standard InChI is InChI=1S/C25H36N4O2/c1-30-23-10-8-20(9-11-23)19-27-25(26-15-12-24-7-4-18-31-24)28-21-13-16-29(17-14-21)22-5-2-3-6-22/h4,7-11,18,21-22H,2-3,5-6,12-17,19H2,1H3,(H2,26,27,28). The molecule has 1 aromatic carbocycles. The van der Waals surface area contributed by atoms with Crippen molar-refractivity contribution in [3.05, 3.63) is 54.0 Å². The first-order valence-corrected chi connectivity index (χ1v) is 11.7. The van der Waals surface area contributed by atoms with E-state index in [9.17, 15) is 0 Å². The van der Waals surface area contributed by atoms with Crippen LogP contribution in [-0.2, 0) is 13.0 Å². The lowest BCUT2D eigenvalue weighted by atomic mass is 10.0. The number of rotatable bonds is 8. The fourth-order valence-corrected chi connectivity index (χ4v) is 4.68. The van der Waals surface area contributed by atoms with Gasteiger partial charge in [0, 0.05) is 38.1 Å². The molecule has 6 heteroatoms. The summed E-state index contributed by atoms with van der Waals surface area (Å²) in [7, 11) is 1.69. The summed E-state index contributed by atoms with van der Waals surface area (Å²) in [6.45, 7) is 3.82. The lowest BCUT2D eigenvalue weighted by Gasteiger charge is -2.36. The van der Waals surface area contributed by atoms with Gasteiger partial charge in [0.2, 0.25) is 0 Å². The molecule has 2 aliphatic rings. The summed E-state index contributed by atoms with van der Waals surface area (Å²) in [6.07, 6.45) is 10.5. The molecular weight excluding hydrogens is 388 g/mol. The van der Waals surface area contributed by atoms with Gasteiger partial charge in [0.15, 0.2) is 5.96 Å². The van der Waals surface area contributed by atoms with E-state index in [4.69, 9.17) is 14.1 Å². The molecule has 2 aromatic rings. The van der Waals surface area contributed by atoms with E-state index in [2.05, 4.69) is 27.7 Å². The zero-order chi connectivity index (χ0) is 21.3. The van der Waals surface area contributed by atoms with Crippen LogP contribution in [0.25, 0.3) is 0 Å². The topological polar surface area (TPSA) is 62.0 Å². The van der Waals surface area contributed by atoms with Gasteiger partial charge >= 0.3 is 0 Å². The summed E-state index contributed by atoms with van der Waals surface area (Å²) < 4.78 is 10.7. The third-order valence-corrected chi connectivity index (χ3v) is 6.53. The lowest BCUT2D eigenvalue weighted by Crippen LogP contribution is -2.50. The van der Waals surface area contributed by atoms with Crippen LogP contribution >= 0.6 is 0 Å². The first kappa shape index (κ1) is 21.8. The average Bonchev–Trinajstić information content (AvgIpc) is 3.53. The van der Waals surface area contributed by atoms with Crippen LogP contribution in [0.15, 0.2) is 52.1 Å². The van der Waals surface area contributed by atoms with Gasteiger partial charge in [0.05, 0.1) is 19.9 Å². The van der Waals surface area contributed by atoms with Crippen molar-refractivity contribution in [1.82, 2.24) is 15.5 Å². The van der Waals surface area contributed by atoms with Gasteiger partial charge in [-0.1, -0.05) is 25.0 Å². The van der Waals surface area contributed by atoms with Crippen molar-refractivity contribution >= 4 is 5.96 Å². The number of methoxy groups -OCH3 is 1. The molecule has 0 unspecified atom stereocenters. The van der Waals surface area contributed by atoms with Gasteiger partial charge in [-0.25, -0.2) is 4.99 Å². The maximum atomic E-state index is 5.46. The highest BCUT2D eigenvalue weighted by atomic mass is 16.5. The molecule has 0 bridgehead atoms. The molecule has 0 spiro atoms. The van der Waals surface area contributed by atoms with E-state index in [0.717, 1.165) is 36.5 Å². The summed E-state index contributed by atoms with van der Waals surface area (Å²) in [5, 5.41) is 7.20. The van der Waals surface area contributed by atoms with E-state index in [1.807, 2.05) is 24.3 Å². The maximum absolute atomic E-state index is 5.46. The smallest absolute Gasteiger partial charge is 0.191 e. The van der Waals surface area contributed by atoms with Crippen LogP contribution in [0.5, 0.6) is 5.75 Å². The van der Waals surface area contributed by atoms with Gasteiger partial charge in [-0.2, -0.15) is 0 Å². The Hall–Kier alpha value is -2.47. The number of hydrogen-bond acceptors (Lipinski definition) is 4. The number of piperidine rings is 1. The largest absolute Gasteiger partial charge is 0.497 e. The number of aliphatic imine (C=N–C) groups is 1. The minimum absolute atomic E-state index is 0.475. The normalized spacial score (nSPS) is 18.9. The van der Waals surface area contributed by atoms with E-state index >= 15 is 0 Å². The molecule has 2 N–H and O–H groups in total. The fraction of sp³-hybridized carbons (Fsp3) is 0.560. The van der Waals surface area contributed by atoms with Crippen LogP contribution in [-0.4, -0.2) is 49.7 Å². The molecule has 1 saturated carbocycles. The second kappa shape index (κ2) is 11.2. The van der Waals surface area contributed by atoms with E-state index < -0.39 is 0 Å². The highest BCUT2D eigenvalue weighted by Crippen LogP contribution is 2.26. The summed E-state index contributed by atoms with van der Waals surface area (Å²) >= 11 is 0. The van der Waals surface area contributed by atoms with Gasteiger partial charge in [-0.05, 0) is 55.5 Å². The molecule has 1 aliphatic carbocycles. The molecule has 2 heterocycles. The molecule has 1 saturated heterocycles. The first-order chi connectivity index (χ1) is 15.3.